The Hall–Kier alpha value is -3.08. The Labute approximate surface area is 158 Å². The van der Waals surface area contributed by atoms with E-state index < -0.39 is 28.3 Å². The Morgan fingerprint density at radius 3 is 2.33 bits per heavy atom. The number of nitro benzene ring substituents is 1. The van der Waals surface area contributed by atoms with Crippen LogP contribution in [0.25, 0.3) is 5.76 Å². The highest BCUT2D eigenvalue weighted by molar-refractivity contribution is 9.10. The number of nitro groups is 1. The van der Waals surface area contributed by atoms with Crippen LogP contribution in [0.2, 0.25) is 0 Å². The van der Waals surface area contributed by atoms with Crippen LogP contribution in [0.4, 0.5) is 24.5 Å². The molecule has 2 rings (SSSR count). The number of allylic oxidation sites excluding steroid dienone is 1. The third kappa shape index (κ3) is 5.20. The van der Waals surface area contributed by atoms with Gasteiger partial charge in [0.2, 0.25) is 0 Å². The van der Waals surface area contributed by atoms with Crippen molar-refractivity contribution in [3.63, 3.8) is 0 Å². The van der Waals surface area contributed by atoms with Crippen molar-refractivity contribution in [1.29, 1.82) is 0 Å². The van der Waals surface area contributed by atoms with Gasteiger partial charge in [-0.3, -0.25) is 14.9 Å². The van der Waals surface area contributed by atoms with Crippen LogP contribution in [0, 0.1) is 10.1 Å². The second kappa shape index (κ2) is 8.08. The normalized spacial score (nSPS) is 12.7. The quantitative estimate of drug-likeness (QED) is 0.216. The minimum atomic E-state index is -5.31. The van der Waals surface area contributed by atoms with Gasteiger partial charge in [-0.2, -0.15) is 18.3 Å². The number of carbonyl (C=O) groups is 1. The number of halogens is 4. The maximum Gasteiger partial charge on any atom is 0.456 e. The number of ketones is 1. The first-order valence-electron chi connectivity index (χ1n) is 7.06. The molecule has 0 amide bonds. The van der Waals surface area contributed by atoms with Crippen molar-refractivity contribution in [3.05, 3.63) is 74.4 Å². The average molecular weight is 444 g/mol. The van der Waals surface area contributed by atoms with E-state index in [1.807, 2.05) is 0 Å². The molecular weight excluding hydrogens is 435 g/mol. The van der Waals surface area contributed by atoms with E-state index in [-0.39, 0.29) is 16.9 Å². The number of nitrogens with zero attached hydrogens (tertiary/aromatic N) is 3. The van der Waals surface area contributed by atoms with Gasteiger partial charge in [-0.15, -0.1) is 5.11 Å². The van der Waals surface area contributed by atoms with Crippen LogP contribution in [0.1, 0.15) is 5.56 Å². The molecule has 1 N–H and O–H groups in total. The SMILES string of the molecule is O=C(/C(N=Nc1cccc([N+](=O)[O-])c1)=C(\O)c1ccc(Br)cc1)C(F)(F)F. The largest absolute Gasteiger partial charge is 0.505 e. The summed E-state index contributed by atoms with van der Waals surface area (Å²) in [6.45, 7) is 0. The van der Waals surface area contributed by atoms with Crippen molar-refractivity contribution in [2.75, 3.05) is 0 Å². The molecular formula is C16H9BrF3N3O4. The van der Waals surface area contributed by atoms with Gasteiger partial charge in [0, 0.05) is 22.2 Å². The number of hydrogen-bond donors (Lipinski definition) is 1. The maximum absolute atomic E-state index is 12.8. The maximum atomic E-state index is 12.8. The summed E-state index contributed by atoms with van der Waals surface area (Å²) in [6.07, 6.45) is -5.31. The minimum absolute atomic E-state index is 0.0937. The molecule has 0 saturated carbocycles. The lowest BCUT2D eigenvalue weighted by atomic mass is 10.1. The van der Waals surface area contributed by atoms with Crippen molar-refractivity contribution in [1.82, 2.24) is 0 Å². The molecule has 27 heavy (non-hydrogen) atoms. The molecule has 0 atom stereocenters. The van der Waals surface area contributed by atoms with E-state index in [1.165, 1.54) is 36.4 Å². The van der Waals surface area contributed by atoms with Crippen molar-refractivity contribution < 1.29 is 28.0 Å². The van der Waals surface area contributed by atoms with Gasteiger partial charge in [-0.25, -0.2) is 0 Å². The molecule has 140 valence electrons. The fourth-order valence-corrected chi connectivity index (χ4v) is 2.12. The molecule has 2 aromatic rings. The Kier molecular flexibility index (Phi) is 6.05. The Bertz CT molecular complexity index is 941. The standard InChI is InChI=1S/C16H9BrF3N3O4/c17-10-6-4-9(5-7-10)14(24)13(15(25)16(18,19)20)22-21-11-2-1-3-12(8-11)23(26)27/h1-8,24H/b14-13+,22-21?. The number of aliphatic hydroxyl groups excluding tert-OH is 1. The van der Waals surface area contributed by atoms with Crippen LogP contribution in [-0.2, 0) is 4.79 Å². The number of azo groups is 1. The molecule has 0 bridgehead atoms. The molecule has 7 nitrogen and oxygen atoms in total. The van der Waals surface area contributed by atoms with Crippen LogP contribution in [-0.4, -0.2) is 22.0 Å². The highest BCUT2D eigenvalue weighted by Gasteiger charge is 2.43. The molecule has 0 unspecified atom stereocenters. The van der Waals surface area contributed by atoms with E-state index in [2.05, 4.69) is 26.2 Å². The Morgan fingerprint density at radius 2 is 1.78 bits per heavy atom. The first kappa shape index (κ1) is 20.2. The van der Waals surface area contributed by atoms with Gasteiger partial charge in [-0.1, -0.05) is 34.1 Å². The minimum Gasteiger partial charge on any atom is -0.505 e. The highest BCUT2D eigenvalue weighted by Crippen LogP contribution is 2.29. The summed E-state index contributed by atoms with van der Waals surface area (Å²) in [4.78, 5) is 21.6. The lowest BCUT2D eigenvalue weighted by molar-refractivity contribution is -0.384. The van der Waals surface area contributed by atoms with Gasteiger partial charge in [0.25, 0.3) is 11.5 Å². The fourth-order valence-electron chi connectivity index (χ4n) is 1.86. The second-order valence-corrected chi connectivity index (χ2v) is 5.92. The lowest BCUT2D eigenvalue weighted by Crippen LogP contribution is -2.24. The fraction of sp³-hybridized carbons (Fsp3) is 0.0625. The number of carbonyl (C=O) groups excluding carboxylic acids is 1. The van der Waals surface area contributed by atoms with Gasteiger partial charge < -0.3 is 5.11 Å². The molecule has 11 heteroatoms. The number of benzene rings is 2. The molecule has 0 saturated heterocycles. The van der Waals surface area contributed by atoms with E-state index in [9.17, 15) is 33.2 Å². The smallest absolute Gasteiger partial charge is 0.456 e. The monoisotopic (exact) mass is 443 g/mol. The number of hydrogen-bond acceptors (Lipinski definition) is 6. The zero-order valence-corrected chi connectivity index (χ0v) is 14.7. The third-order valence-corrected chi connectivity index (χ3v) is 3.65. The molecule has 2 aromatic carbocycles. The molecule has 0 spiro atoms. The van der Waals surface area contributed by atoms with Gasteiger partial charge in [0.15, 0.2) is 11.5 Å². The summed E-state index contributed by atoms with van der Waals surface area (Å²) in [5, 5.41) is 27.5. The van der Waals surface area contributed by atoms with E-state index in [0.29, 0.717) is 4.47 Å². The summed E-state index contributed by atoms with van der Waals surface area (Å²) in [7, 11) is 0. The Balaban J connectivity index is 2.52. The number of Topliss-reactive ketones (excluding diaryl/α,β-unsaturated/α-hetero) is 1. The molecule has 0 aliphatic heterocycles. The number of non-ortho nitro benzene ring substituents is 1. The molecule has 0 heterocycles. The van der Waals surface area contributed by atoms with E-state index in [1.54, 1.807) is 0 Å². The third-order valence-electron chi connectivity index (χ3n) is 3.12. The van der Waals surface area contributed by atoms with Crippen LogP contribution < -0.4 is 0 Å². The van der Waals surface area contributed by atoms with Crippen LogP contribution >= 0.6 is 15.9 Å². The first-order valence-corrected chi connectivity index (χ1v) is 7.86. The lowest BCUT2D eigenvalue weighted by Gasteiger charge is -2.08. The van der Waals surface area contributed by atoms with Crippen molar-refractivity contribution >= 4 is 38.8 Å². The van der Waals surface area contributed by atoms with Crippen molar-refractivity contribution in [2.45, 2.75) is 6.18 Å². The molecule has 0 fully saturated rings. The summed E-state index contributed by atoms with van der Waals surface area (Å²) >= 11 is 3.13. The van der Waals surface area contributed by atoms with E-state index in [0.717, 1.165) is 12.1 Å². The summed E-state index contributed by atoms with van der Waals surface area (Å²) < 4.78 is 39.1. The highest BCUT2D eigenvalue weighted by atomic mass is 79.9. The summed E-state index contributed by atoms with van der Waals surface area (Å²) in [5.74, 6) is -3.43. The first-order chi connectivity index (χ1) is 12.6. The molecule has 0 aliphatic rings. The van der Waals surface area contributed by atoms with Gasteiger partial charge in [-0.05, 0) is 18.2 Å². The number of alkyl halides is 3. The molecule has 0 aromatic heterocycles. The zero-order chi connectivity index (χ0) is 20.2. The van der Waals surface area contributed by atoms with Gasteiger partial charge >= 0.3 is 6.18 Å². The zero-order valence-electron chi connectivity index (χ0n) is 13.1. The summed E-state index contributed by atoms with van der Waals surface area (Å²) in [5.41, 5.74) is -1.96. The average Bonchev–Trinajstić information content (AvgIpc) is 2.61. The second-order valence-electron chi connectivity index (χ2n) is 5.01. The summed E-state index contributed by atoms with van der Waals surface area (Å²) in [6, 6.07) is 10.0. The number of rotatable bonds is 5. The predicted molar refractivity (Wildman–Crippen MR) is 92.4 cm³/mol. The van der Waals surface area contributed by atoms with Crippen LogP contribution in [0.3, 0.4) is 0 Å². The Morgan fingerprint density at radius 1 is 1.15 bits per heavy atom. The molecule has 0 aliphatic carbocycles. The van der Waals surface area contributed by atoms with Crippen molar-refractivity contribution in [3.8, 4) is 0 Å². The van der Waals surface area contributed by atoms with E-state index >= 15 is 0 Å². The predicted octanol–water partition coefficient (Wildman–Crippen LogP) is 5.50. The van der Waals surface area contributed by atoms with Gasteiger partial charge in [0.05, 0.1) is 10.6 Å². The van der Waals surface area contributed by atoms with Crippen molar-refractivity contribution in [2.24, 2.45) is 10.2 Å². The van der Waals surface area contributed by atoms with E-state index in [4.69, 9.17) is 0 Å². The van der Waals surface area contributed by atoms with Crippen LogP contribution in [0.15, 0.2) is 68.9 Å². The van der Waals surface area contributed by atoms with Gasteiger partial charge in [0.1, 0.15) is 0 Å². The van der Waals surface area contributed by atoms with Crippen LogP contribution in [0.5, 0.6) is 0 Å². The number of aliphatic hydroxyl groups is 1. The molecule has 0 radical (unpaired) electrons. The topological polar surface area (TPSA) is 105 Å².